The van der Waals surface area contributed by atoms with Crippen LogP contribution in [0.3, 0.4) is 0 Å². The summed E-state index contributed by atoms with van der Waals surface area (Å²) >= 11 is 0. The third kappa shape index (κ3) is 4.77. The van der Waals surface area contributed by atoms with Gasteiger partial charge in [0.15, 0.2) is 5.82 Å². The van der Waals surface area contributed by atoms with E-state index in [1.165, 1.54) is 24.4 Å². The molecular weight excluding hydrogens is 492 g/mol. The van der Waals surface area contributed by atoms with Gasteiger partial charge in [-0.15, -0.1) is 0 Å². The molecule has 36 heavy (non-hydrogen) atoms. The van der Waals surface area contributed by atoms with Crippen molar-refractivity contribution in [1.82, 2.24) is 15.2 Å². The van der Waals surface area contributed by atoms with Crippen LogP contribution in [-0.4, -0.2) is 48.8 Å². The van der Waals surface area contributed by atoms with Crippen molar-refractivity contribution in [1.29, 1.82) is 0 Å². The largest absolute Gasteiger partial charge is 0.381 e. The summed E-state index contributed by atoms with van der Waals surface area (Å²) in [6, 6.07) is 7.85. The Balaban J connectivity index is 1.44. The molecule has 2 aromatic carbocycles. The van der Waals surface area contributed by atoms with Gasteiger partial charge in [-0.05, 0) is 49.2 Å². The zero-order chi connectivity index (χ0) is 25.3. The number of carbonyl (C=O) groups is 1. The number of pyridine rings is 1. The first-order valence-electron chi connectivity index (χ1n) is 11.1. The summed E-state index contributed by atoms with van der Waals surface area (Å²) in [6.07, 6.45) is 4.66. The number of benzene rings is 2. The van der Waals surface area contributed by atoms with Gasteiger partial charge in [-0.1, -0.05) is 0 Å². The van der Waals surface area contributed by atoms with E-state index in [1.807, 2.05) is 0 Å². The summed E-state index contributed by atoms with van der Waals surface area (Å²) in [5.41, 5.74) is 1.36. The van der Waals surface area contributed by atoms with E-state index in [-0.39, 0.29) is 16.8 Å². The highest BCUT2D eigenvalue weighted by atomic mass is 32.2. The van der Waals surface area contributed by atoms with Crippen molar-refractivity contribution < 1.29 is 26.7 Å². The molecule has 5 rings (SSSR count). The zero-order valence-corrected chi connectivity index (χ0v) is 19.6. The van der Waals surface area contributed by atoms with Gasteiger partial charge in [-0.2, -0.15) is 5.10 Å². The van der Waals surface area contributed by atoms with Crippen molar-refractivity contribution in [3.05, 3.63) is 72.1 Å². The number of anilines is 2. The molecule has 0 radical (unpaired) electrons. The van der Waals surface area contributed by atoms with Crippen LogP contribution >= 0.6 is 0 Å². The molecule has 3 heterocycles. The van der Waals surface area contributed by atoms with Crippen LogP contribution < -0.4 is 10.6 Å². The highest BCUT2D eigenvalue weighted by Gasteiger charge is 2.23. The van der Waals surface area contributed by atoms with Crippen molar-refractivity contribution in [2.75, 3.05) is 23.8 Å². The second-order valence-electron chi connectivity index (χ2n) is 8.29. The van der Waals surface area contributed by atoms with Gasteiger partial charge in [0.1, 0.15) is 11.6 Å². The predicted molar refractivity (Wildman–Crippen MR) is 128 cm³/mol. The number of sulfone groups is 1. The molecule has 9 nitrogen and oxygen atoms in total. The van der Waals surface area contributed by atoms with Crippen LogP contribution in [0.1, 0.15) is 23.2 Å². The maximum atomic E-state index is 13.6. The van der Waals surface area contributed by atoms with Crippen LogP contribution in [0.15, 0.2) is 64.6 Å². The zero-order valence-electron chi connectivity index (χ0n) is 18.8. The molecule has 3 N–H and O–H groups in total. The molecule has 186 valence electrons. The number of hydrogen-bond acceptors (Lipinski definition) is 7. The number of nitrogens with one attached hydrogen (secondary N) is 3. The van der Waals surface area contributed by atoms with Gasteiger partial charge >= 0.3 is 0 Å². The maximum Gasteiger partial charge on any atom is 0.259 e. The lowest BCUT2D eigenvalue weighted by Crippen LogP contribution is -2.29. The topological polar surface area (TPSA) is 126 Å². The summed E-state index contributed by atoms with van der Waals surface area (Å²) in [6.45, 7) is 1.26. The fourth-order valence-electron chi connectivity index (χ4n) is 4.02. The number of carbonyl (C=O) groups excluding carboxylic acids is 1. The van der Waals surface area contributed by atoms with E-state index >= 15 is 0 Å². The number of H-pyrrole nitrogens is 1. The molecular formula is C24H21F2N5O4S. The predicted octanol–water partition coefficient (Wildman–Crippen LogP) is 3.91. The standard InChI is InChI=1S/C24H21F2N5O4S/c25-14-9-15(26)11-18(10-14)36(33,34)17-1-2-21-20(12-17)23(31-30-21)29-24(32)19-3-6-27-13-22(19)28-16-4-7-35-8-5-16/h1-3,6,9-13,16,28H,4-5,7-8H2,(H2,29,30,31,32). The fraction of sp³-hybridized carbons (Fsp3) is 0.208. The number of aromatic amines is 1. The lowest BCUT2D eigenvalue weighted by molar-refractivity contribution is 0.0904. The Morgan fingerprint density at radius 2 is 1.78 bits per heavy atom. The quantitative estimate of drug-likeness (QED) is 0.357. The Morgan fingerprint density at radius 3 is 2.53 bits per heavy atom. The molecule has 1 fully saturated rings. The van der Waals surface area contributed by atoms with Gasteiger partial charge in [-0.25, -0.2) is 17.2 Å². The average Bonchev–Trinajstić information content (AvgIpc) is 3.26. The second kappa shape index (κ2) is 9.63. The third-order valence-corrected chi connectivity index (χ3v) is 7.60. The Hall–Kier alpha value is -3.90. The molecule has 0 unspecified atom stereocenters. The molecule has 0 atom stereocenters. The van der Waals surface area contributed by atoms with Crippen molar-refractivity contribution in [3.63, 3.8) is 0 Å². The smallest absolute Gasteiger partial charge is 0.259 e. The number of rotatable bonds is 6. The van der Waals surface area contributed by atoms with Crippen LogP contribution in [0, 0.1) is 11.6 Å². The van der Waals surface area contributed by atoms with E-state index in [2.05, 4.69) is 25.8 Å². The molecule has 4 aromatic rings. The molecule has 1 saturated heterocycles. The van der Waals surface area contributed by atoms with E-state index in [4.69, 9.17) is 4.74 Å². The fourth-order valence-corrected chi connectivity index (χ4v) is 5.35. The van der Waals surface area contributed by atoms with Gasteiger partial charge in [0.2, 0.25) is 9.84 Å². The van der Waals surface area contributed by atoms with E-state index in [0.717, 1.165) is 25.0 Å². The Bertz CT molecular complexity index is 1530. The Kier molecular flexibility index (Phi) is 6.37. The average molecular weight is 514 g/mol. The van der Waals surface area contributed by atoms with E-state index in [9.17, 15) is 22.0 Å². The van der Waals surface area contributed by atoms with Gasteiger partial charge in [0, 0.05) is 36.9 Å². The number of hydrogen-bond donors (Lipinski definition) is 3. The Labute approximate surface area is 204 Å². The highest BCUT2D eigenvalue weighted by molar-refractivity contribution is 7.91. The molecule has 2 aromatic heterocycles. The summed E-state index contributed by atoms with van der Waals surface area (Å²) in [5.74, 6) is -2.38. The highest BCUT2D eigenvalue weighted by Crippen LogP contribution is 2.29. The monoisotopic (exact) mass is 513 g/mol. The number of aromatic nitrogens is 3. The molecule has 0 saturated carbocycles. The van der Waals surface area contributed by atoms with Crippen molar-refractivity contribution in [2.24, 2.45) is 0 Å². The van der Waals surface area contributed by atoms with Crippen LogP contribution in [-0.2, 0) is 14.6 Å². The summed E-state index contributed by atoms with van der Waals surface area (Å²) in [4.78, 5) is 16.5. The third-order valence-electron chi connectivity index (χ3n) is 5.87. The molecule has 1 aliphatic rings. The SMILES string of the molecule is O=C(Nc1n[nH]c2ccc(S(=O)(=O)c3cc(F)cc(F)c3)cc12)c1ccncc1NC1CCOCC1. The first-order valence-corrected chi connectivity index (χ1v) is 12.6. The summed E-state index contributed by atoms with van der Waals surface area (Å²) in [5, 5.41) is 13.2. The minimum atomic E-state index is -4.24. The maximum absolute atomic E-state index is 13.6. The van der Waals surface area contributed by atoms with Crippen LogP contribution in [0.2, 0.25) is 0 Å². The first-order chi connectivity index (χ1) is 17.3. The molecule has 0 bridgehead atoms. The number of halogens is 2. The lowest BCUT2D eigenvalue weighted by Gasteiger charge is -2.24. The number of amides is 1. The summed E-state index contributed by atoms with van der Waals surface area (Å²) in [7, 11) is -4.24. The summed E-state index contributed by atoms with van der Waals surface area (Å²) < 4.78 is 58.7. The van der Waals surface area contributed by atoms with Gasteiger partial charge in [0.05, 0.1) is 32.8 Å². The normalized spacial score (nSPS) is 14.6. The van der Waals surface area contributed by atoms with Gasteiger partial charge in [-0.3, -0.25) is 14.9 Å². The van der Waals surface area contributed by atoms with Crippen molar-refractivity contribution in [2.45, 2.75) is 28.7 Å². The lowest BCUT2D eigenvalue weighted by atomic mass is 10.1. The molecule has 1 amide bonds. The van der Waals surface area contributed by atoms with E-state index in [1.54, 1.807) is 12.3 Å². The first kappa shape index (κ1) is 23.8. The van der Waals surface area contributed by atoms with Gasteiger partial charge in [0.25, 0.3) is 5.91 Å². The van der Waals surface area contributed by atoms with E-state index < -0.39 is 32.3 Å². The Morgan fingerprint density at radius 1 is 1.03 bits per heavy atom. The molecule has 0 spiro atoms. The minimum Gasteiger partial charge on any atom is -0.381 e. The second-order valence-corrected chi connectivity index (χ2v) is 10.2. The molecule has 12 heteroatoms. The van der Waals surface area contributed by atoms with Crippen molar-refractivity contribution in [3.8, 4) is 0 Å². The number of ether oxygens (including phenoxy) is 1. The van der Waals surface area contributed by atoms with E-state index in [0.29, 0.717) is 41.4 Å². The van der Waals surface area contributed by atoms with Crippen LogP contribution in [0.5, 0.6) is 0 Å². The molecule has 1 aliphatic heterocycles. The van der Waals surface area contributed by atoms with Gasteiger partial charge < -0.3 is 15.4 Å². The van der Waals surface area contributed by atoms with Crippen LogP contribution in [0.4, 0.5) is 20.3 Å². The van der Waals surface area contributed by atoms with Crippen LogP contribution in [0.25, 0.3) is 10.9 Å². The number of nitrogens with zero attached hydrogens (tertiary/aromatic N) is 2. The number of fused-ring (bicyclic) bond motifs is 1. The minimum absolute atomic E-state index is 0.103. The van der Waals surface area contributed by atoms with Crippen molar-refractivity contribution >= 4 is 38.2 Å². The molecule has 0 aliphatic carbocycles.